The van der Waals surface area contributed by atoms with E-state index in [-0.39, 0.29) is 21.1 Å². The van der Waals surface area contributed by atoms with Gasteiger partial charge < -0.3 is 14.0 Å². The van der Waals surface area contributed by atoms with Crippen molar-refractivity contribution in [1.29, 1.82) is 0 Å². The Morgan fingerprint density at radius 1 is 0.818 bits per heavy atom. The summed E-state index contributed by atoms with van der Waals surface area (Å²) in [4.78, 5) is 4.67. The number of para-hydroxylation sites is 1. The van der Waals surface area contributed by atoms with Crippen molar-refractivity contribution in [2.75, 3.05) is 6.61 Å². The molecule has 7 heteroatoms. The van der Waals surface area contributed by atoms with Crippen LogP contribution in [0, 0.1) is 32.9 Å². The predicted molar refractivity (Wildman–Crippen MR) is 171 cm³/mol. The predicted octanol–water partition coefficient (Wildman–Crippen LogP) is 8.75. The largest absolute Gasteiger partial charge is 2.00 e. The maximum atomic E-state index is 6.33. The van der Waals surface area contributed by atoms with Gasteiger partial charge in [0.1, 0.15) is 11.6 Å². The number of aromatic nitrogens is 4. The van der Waals surface area contributed by atoms with E-state index in [0.29, 0.717) is 18.1 Å². The van der Waals surface area contributed by atoms with Crippen LogP contribution in [0.25, 0.3) is 44.4 Å². The SMILES string of the molecule is CCOc1cc(C)c(-c2cnn(-c3[c-]c(Oc4[c-]c5c(cc4)c4ccccc4n5-c4cc(C)ccn4)ccc3)c2)c(C)c1.[Pt+2]. The Labute approximate surface area is 271 Å². The number of nitrogens with zero attached hydrogens (tertiary/aromatic N) is 4. The van der Waals surface area contributed by atoms with Crippen LogP contribution in [0.4, 0.5) is 0 Å². The number of fused-ring (bicyclic) bond motifs is 3. The number of hydrogen-bond acceptors (Lipinski definition) is 4. The van der Waals surface area contributed by atoms with Crippen LogP contribution in [0.15, 0.2) is 97.5 Å². The molecule has 0 aliphatic carbocycles. The smallest absolute Gasteiger partial charge is 0.509 e. The van der Waals surface area contributed by atoms with Crippen molar-refractivity contribution in [3.05, 3.63) is 126 Å². The molecule has 0 aliphatic rings. The fourth-order valence-electron chi connectivity index (χ4n) is 5.77. The van der Waals surface area contributed by atoms with E-state index < -0.39 is 0 Å². The van der Waals surface area contributed by atoms with E-state index in [1.165, 1.54) is 0 Å². The van der Waals surface area contributed by atoms with Gasteiger partial charge in [0.15, 0.2) is 0 Å². The fraction of sp³-hybridized carbons (Fsp3) is 0.135. The Balaban J connectivity index is 0.00000343. The number of hydrogen-bond donors (Lipinski definition) is 0. The first kappa shape index (κ1) is 29.4. The Hall–Kier alpha value is -4.67. The molecule has 0 aliphatic heterocycles. The van der Waals surface area contributed by atoms with Gasteiger partial charge in [-0.15, -0.1) is 35.7 Å². The molecule has 0 atom stereocenters. The van der Waals surface area contributed by atoms with Gasteiger partial charge in [0.05, 0.1) is 12.8 Å². The molecular formula is C37H30N4O2Pt. The van der Waals surface area contributed by atoms with Gasteiger partial charge in [0.2, 0.25) is 0 Å². The number of pyridine rings is 1. The molecule has 0 saturated carbocycles. The van der Waals surface area contributed by atoms with E-state index >= 15 is 0 Å². The van der Waals surface area contributed by atoms with Crippen molar-refractivity contribution in [1.82, 2.24) is 19.3 Å². The molecule has 3 aromatic heterocycles. The van der Waals surface area contributed by atoms with E-state index in [2.05, 4.69) is 90.0 Å². The van der Waals surface area contributed by atoms with Gasteiger partial charge in [0.25, 0.3) is 0 Å². The summed E-state index contributed by atoms with van der Waals surface area (Å²) in [5.74, 6) is 2.91. The average molecular weight is 758 g/mol. The molecule has 0 fully saturated rings. The Morgan fingerprint density at radius 3 is 2.41 bits per heavy atom. The summed E-state index contributed by atoms with van der Waals surface area (Å²) in [6, 6.07) is 33.3. The molecule has 44 heavy (non-hydrogen) atoms. The van der Waals surface area contributed by atoms with Gasteiger partial charge in [0, 0.05) is 35.0 Å². The zero-order chi connectivity index (χ0) is 29.5. The average Bonchev–Trinajstić information content (AvgIpc) is 3.60. The molecule has 0 radical (unpaired) electrons. The summed E-state index contributed by atoms with van der Waals surface area (Å²) >= 11 is 0. The van der Waals surface area contributed by atoms with E-state index in [4.69, 9.17) is 9.47 Å². The van der Waals surface area contributed by atoms with Crippen LogP contribution in [0.3, 0.4) is 0 Å². The minimum absolute atomic E-state index is 0. The third kappa shape index (κ3) is 5.42. The zero-order valence-corrected chi connectivity index (χ0v) is 27.1. The number of ether oxygens (including phenoxy) is 2. The zero-order valence-electron chi connectivity index (χ0n) is 24.9. The number of benzene rings is 4. The standard InChI is InChI=1S/C37H30N4O2.Pt/c1-5-42-31-18-25(3)37(26(4)19-31)27-22-39-40(23-27)28-9-8-10-29(20-28)43-30-13-14-33-32-11-6-7-12-34(32)41(35(33)21-30)36-17-24(2)15-16-38-36;/h6-19,22-23H,5H2,1-4H3;/q-2;+2. The van der Waals surface area contributed by atoms with Crippen molar-refractivity contribution >= 4 is 21.8 Å². The van der Waals surface area contributed by atoms with E-state index in [9.17, 15) is 0 Å². The summed E-state index contributed by atoms with van der Waals surface area (Å²) in [5, 5.41) is 6.88. The van der Waals surface area contributed by atoms with E-state index in [0.717, 1.165) is 66.9 Å². The van der Waals surface area contributed by atoms with Crippen LogP contribution in [-0.2, 0) is 21.1 Å². The third-order valence-electron chi connectivity index (χ3n) is 7.60. The van der Waals surface area contributed by atoms with Crippen LogP contribution in [0.1, 0.15) is 23.6 Å². The fourth-order valence-corrected chi connectivity index (χ4v) is 5.77. The molecule has 3 heterocycles. The Morgan fingerprint density at radius 2 is 1.61 bits per heavy atom. The number of aryl methyl sites for hydroxylation is 3. The molecule has 0 bridgehead atoms. The summed E-state index contributed by atoms with van der Waals surface area (Å²) in [5.41, 5.74) is 8.39. The van der Waals surface area contributed by atoms with Crippen molar-refractivity contribution in [2.24, 2.45) is 0 Å². The van der Waals surface area contributed by atoms with Crippen LogP contribution in [0.2, 0.25) is 0 Å². The monoisotopic (exact) mass is 757 g/mol. The van der Waals surface area contributed by atoms with Crippen LogP contribution < -0.4 is 9.47 Å². The summed E-state index contributed by atoms with van der Waals surface area (Å²) in [6.45, 7) is 8.91. The van der Waals surface area contributed by atoms with Gasteiger partial charge in [-0.25, -0.2) is 4.98 Å². The minimum atomic E-state index is 0. The Kier molecular flexibility index (Phi) is 8.11. The summed E-state index contributed by atoms with van der Waals surface area (Å²) < 4.78 is 16.0. The maximum absolute atomic E-state index is 6.33. The summed E-state index contributed by atoms with van der Waals surface area (Å²) in [6.07, 6.45) is 5.75. The van der Waals surface area contributed by atoms with Crippen LogP contribution in [-0.4, -0.2) is 25.9 Å². The van der Waals surface area contributed by atoms with Crippen LogP contribution >= 0.6 is 0 Å². The molecule has 0 saturated heterocycles. The van der Waals surface area contributed by atoms with E-state index in [1.54, 1.807) is 0 Å². The normalized spacial score (nSPS) is 11.1. The van der Waals surface area contributed by atoms with Crippen molar-refractivity contribution < 1.29 is 30.5 Å². The molecule has 220 valence electrons. The Bertz CT molecular complexity index is 2110. The van der Waals surface area contributed by atoms with Gasteiger partial charge >= 0.3 is 21.1 Å². The third-order valence-corrected chi connectivity index (χ3v) is 7.60. The van der Waals surface area contributed by atoms with Crippen molar-refractivity contribution in [2.45, 2.75) is 27.7 Å². The molecule has 7 aromatic rings. The summed E-state index contributed by atoms with van der Waals surface area (Å²) in [7, 11) is 0. The van der Waals surface area contributed by atoms with Gasteiger partial charge in [-0.3, -0.25) is 4.68 Å². The van der Waals surface area contributed by atoms with Crippen molar-refractivity contribution in [3.8, 4) is 39.9 Å². The molecule has 0 N–H and O–H groups in total. The second-order valence-corrected chi connectivity index (χ2v) is 10.7. The molecule has 0 unspecified atom stereocenters. The molecule has 7 rings (SSSR count). The molecule has 4 aromatic carbocycles. The molecule has 0 spiro atoms. The first-order valence-electron chi connectivity index (χ1n) is 14.4. The van der Waals surface area contributed by atoms with Crippen LogP contribution in [0.5, 0.6) is 17.2 Å². The minimum Gasteiger partial charge on any atom is -0.509 e. The molecule has 6 nitrogen and oxygen atoms in total. The van der Waals surface area contributed by atoms with Crippen molar-refractivity contribution in [3.63, 3.8) is 0 Å². The van der Waals surface area contributed by atoms with Gasteiger partial charge in [-0.1, -0.05) is 23.7 Å². The van der Waals surface area contributed by atoms with Gasteiger partial charge in [-0.05, 0) is 91.4 Å². The number of rotatable bonds is 7. The van der Waals surface area contributed by atoms with Gasteiger partial charge in [-0.2, -0.15) is 17.2 Å². The van der Waals surface area contributed by atoms with E-state index in [1.807, 2.05) is 66.6 Å². The second kappa shape index (κ2) is 12.1. The quantitative estimate of drug-likeness (QED) is 0.153. The maximum Gasteiger partial charge on any atom is 2.00 e. The first-order valence-corrected chi connectivity index (χ1v) is 14.4. The topological polar surface area (TPSA) is 54.1 Å². The molecule has 0 amide bonds. The second-order valence-electron chi connectivity index (χ2n) is 10.7. The molecular weight excluding hydrogens is 728 g/mol. The first-order chi connectivity index (χ1) is 21.0.